The second kappa shape index (κ2) is 4.34. The van der Waals surface area contributed by atoms with Gasteiger partial charge >= 0.3 is 0 Å². The molecule has 2 N–H and O–H groups in total. The number of benzene rings is 1. The van der Waals surface area contributed by atoms with E-state index in [9.17, 15) is 4.79 Å². The minimum atomic E-state index is 0.276. The van der Waals surface area contributed by atoms with Crippen LogP contribution in [-0.2, 0) is 11.2 Å². The van der Waals surface area contributed by atoms with Gasteiger partial charge in [-0.2, -0.15) is 0 Å². The summed E-state index contributed by atoms with van der Waals surface area (Å²) in [5, 5.41) is 0. The number of hydrogen-bond donors (Lipinski definition) is 1. The minimum absolute atomic E-state index is 0.276. The van der Waals surface area contributed by atoms with Crippen molar-refractivity contribution in [2.24, 2.45) is 0 Å². The average Bonchev–Trinajstić information content (AvgIpc) is 2.14. The lowest BCUT2D eigenvalue weighted by Crippen LogP contribution is -2.42. The molecule has 0 radical (unpaired) electrons. The molecule has 1 fully saturated rings. The molecule has 2 rings (SSSR count). The number of likely N-dealkylation sites (tertiary alicyclic amines) is 1. The molecule has 0 spiro atoms. The van der Waals surface area contributed by atoms with Crippen LogP contribution in [0.1, 0.15) is 18.4 Å². The van der Waals surface area contributed by atoms with E-state index in [1.165, 1.54) is 5.56 Å². The molecule has 3 heteroatoms. The Morgan fingerprint density at radius 1 is 1.27 bits per heavy atom. The van der Waals surface area contributed by atoms with E-state index in [2.05, 4.69) is 0 Å². The zero-order chi connectivity index (χ0) is 10.7. The zero-order valence-corrected chi connectivity index (χ0v) is 8.78. The number of nitrogen functional groups attached to an aromatic ring is 1. The third-order valence-corrected chi connectivity index (χ3v) is 2.82. The number of hydrogen-bond acceptors (Lipinski definition) is 2. The maximum absolute atomic E-state index is 11.6. The van der Waals surface area contributed by atoms with Crippen molar-refractivity contribution >= 4 is 11.6 Å². The lowest BCUT2D eigenvalue weighted by Gasteiger charge is -2.30. The van der Waals surface area contributed by atoms with Gasteiger partial charge in [0.1, 0.15) is 0 Å². The fourth-order valence-corrected chi connectivity index (χ4v) is 1.66. The number of carbonyl (C=O) groups excluding carboxylic acids is 1. The van der Waals surface area contributed by atoms with Crippen LogP contribution < -0.4 is 5.73 Å². The van der Waals surface area contributed by atoms with Crippen molar-refractivity contribution in [3.63, 3.8) is 0 Å². The van der Waals surface area contributed by atoms with Crippen LogP contribution in [0.2, 0.25) is 0 Å². The van der Waals surface area contributed by atoms with Gasteiger partial charge in [0.15, 0.2) is 0 Å². The molecule has 1 saturated heterocycles. The first-order valence-corrected chi connectivity index (χ1v) is 5.38. The molecule has 0 atom stereocenters. The summed E-state index contributed by atoms with van der Waals surface area (Å²) >= 11 is 0. The molecule has 1 aliphatic rings. The predicted molar refractivity (Wildman–Crippen MR) is 60.4 cm³/mol. The maximum atomic E-state index is 11.6. The number of nitrogens with two attached hydrogens (primary N) is 1. The van der Waals surface area contributed by atoms with Gasteiger partial charge in [0.25, 0.3) is 0 Å². The largest absolute Gasteiger partial charge is 0.399 e. The van der Waals surface area contributed by atoms with Crippen molar-refractivity contribution in [1.82, 2.24) is 4.90 Å². The molecule has 1 aliphatic heterocycles. The molecule has 1 aromatic rings. The molecular weight excluding hydrogens is 188 g/mol. The zero-order valence-electron chi connectivity index (χ0n) is 8.78. The van der Waals surface area contributed by atoms with Gasteiger partial charge in [-0.1, -0.05) is 12.1 Å². The Balaban J connectivity index is 1.82. The number of carbonyl (C=O) groups is 1. The minimum Gasteiger partial charge on any atom is -0.399 e. The van der Waals surface area contributed by atoms with E-state index >= 15 is 0 Å². The molecule has 0 aromatic heterocycles. The van der Waals surface area contributed by atoms with E-state index in [1.807, 2.05) is 29.2 Å². The Morgan fingerprint density at radius 2 is 1.93 bits per heavy atom. The number of nitrogens with zero attached hydrogens (tertiary/aromatic N) is 1. The van der Waals surface area contributed by atoms with Gasteiger partial charge in [-0.25, -0.2) is 0 Å². The molecule has 15 heavy (non-hydrogen) atoms. The first-order valence-electron chi connectivity index (χ1n) is 5.38. The lowest BCUT2D eigenvalue weighted by atomic mass is 10.1. The Kier molecular flexibility index (Phi) is 2.90. The fourth-order valence-electron chi connectivity index (χ4n) is 1.66. The van der Waals surface area contributed by atoms with Crippen LogP contribution in [0.4, 0.5) is 5.69 Å². The highest BCUT2D eigenvalue weighted by Crippen LogP contribution is 2.11. The second-order valence-electron chi connectivity index (χ2n) is 3.98. The molecule has 1 amide bonds. The summed E-state index contributed by atoms with van der Waals surface area (Å²) in [6, 6.07) is 7.73. The van der Waals surface area contributed by atoms with Crippen LogP contribution in [-0.4, -0.2) is 23.9 Å². The number of rotatable bonds is 3. The van der Waals surface area contributed by atoms with Crippen LogP contribution in [0.3, 0.4) is 0 Å². The number of amides is 1. The van der Waals surface area contributed by atoms with Crippen molar-refractivity contribution in [2.75, 3.05) is 18.8 Å². The lowest BCUT2D eigenvalue weighted by molar-refractivity contribution is -0.134. The molecule has 80 valence electrons. The molecule has 0 bridgehead atoms. The molecule has 1 aromatic carbocycles. The standard InChI is InChI=1S/C12H16N2O/c13-11-5-2-10(3-6-11)4-7-12(15)14-8-1-9-14/h2-3,5-6H,1,4,7-9,13H2. The fraction of sp³-hybridized carbons (Fsp3) is 0.417. The maximum Gasteiger partial charge on any atom is 0.222 e. The van der Waals surface area contributed by atoms with E-state index in [-0.39, 0.29) is 5.91 Å². The van der Waals surface area contributed by atoms with Crippen molar-refractivity contribution in [3.05, 3.63) is 29.8 Å². The van der Waals surface area contributed by atoms with E-state index < -0.39 is 0 Å². The highest BCUT2D eigenvalue weighted by molar-refractivity contribution is 5.77. The summed E-state index contributed by atoms with van der Waals surface area (Å²) < 4.78 is 0. The third kappa shape index (κ3) is 2.49. The van der Waals surface area contributed by atoms with Gasteiger partial charge in [-0.05, 0) is 30.5 Å². The van der Waals surface area contributed by atoms with Gasteiger partial charge in [-0.3, -0.25) is 4.79 Å². The summed E-state index contributed by atoms with van der Waals surface area (Å²) in [5.74, 6) is 0.276. The third-order valence-electron chi connectivity index (χ3n) is 2.82. The van der Waals surface area contributed by atoms with Crippen LogP contribution in [0, 0.1) is 0 Å². The molecule has 0 unspecified atom stereocenters. The van der Waals surface area contributed by atoms with Gasteiger partial charge in [0.05, 0.1) is 0 Å². The average molecular weight is 204 g/mol. The molecule has 1 heterocycles. The summed E-state index contributed by atoms with van der Waals surface area (Å²) in [6.07, 6.45) is 2.59. The van der Waals surface area contributed by atoms with Crippen molar-refractivity contribution in [1.29, 1.82) is 0 Å². The smallest absolute Gasteiger partial charge is 0.222 e. The van der Waals surface area contributed by atoms with Gasteiger partial charge < -0.3 is 10.6 Å². The predicted octanol–water partition coefficient (Wildman–Crippen LogP) is 1.43. The van der Waals surface area contributed by atoms with Crippen molar-refractivity contribution in [3.8, 4) is 0 Å². The van der Waals surface area contributed by atoms with Crippen LogP contribution in [0.5, 0.6) is 0 Å². The van der Waals surface area contributed by atoms with E-state index in [0.717, 1.165) is 31.6 Å². The van der Waals surface area contributed by atoms with Crippen LogP contribution in [0.15, 0.2) is 24.3 Å². The first kappa shape index (κ1) is 10.0. The Labute approximate surface area is 89.9 Å². The van der Waals surface area contributed by atoms with Crippen molar-refractivity contribution in [2.45, 2.75) is 19.3 Å². The summed E-state index contributed by atoms with van der Waals surface area (Å²) in [5.41, 5.74) is 7.54. The number of anilines is 1. The molecule has 0 aliphatic carbocycles. The van der Waals surface area contributed by atoms with Crippen LogP contribution >= 0.6 is 0 Å². The van der Waals surface area contributed by atoms with Crippen molar-refractivity contribution < 1.29 is 4.79 Å². The summed E-state index contributed by atoms with van der Waals surface area (Å²) in [4.78, 5) is 13.5. The highest BCUT2D eigenvalue weighted by atomic mass is 16.2. The monoisotopic (exact) mass is 204 g/mol. The van der Waals surface area contributed by atoms with Crippen LogP contribution in [0.25, 0.3) is 0 Å². The Morgan fingerprint density at radius 3 is 2.47 bits per heavy atom. The van der Waals surface area contributed by atoms with Gasteiger partial charge in [-0.15, -0.1) is 0 Å². The normalized spacial score (nSPS) is 14.8. The van der Waals surface area contributed by atoms with Gasteiger partial charge in [0, 0.05) is 25.2 Å². The Hall–Kier alpha value is -1.51. The topological polar surface area (TPSA) is 46.3 Å². The Bertz CT molecular complexity index is 341. The van der Waals surface area contributed by atoms with E-state index in [0.29, 0.717) is 6.42 Å². The van der Waals surface area contributed by atoms with Gasteiger partial charge in [0.2, 0.25) is 5.91 Å². The first-order chi connectivity index (χ1) is 7.25. The SMILES string of the molecule is Nc1ccc(CCC(=O)N2CCC2)cc1. The van der Waals surface area contributed by atoms with E-state index in [4.69, 9.17) is 5.73 Å². The quantitative estimate of drug-likeness (QED) is 0.757. The molecule has 3 nitrogen and oxygen atoms in total. The number of aryl methyl sites for hydroxylation is 1. The summed E-state index contributed by atoms with van der Waals surface area (Å²) in [6.45, 7) is 1.89. The van der Waals surface area contributed by atoms with E-state index in [1.54, 1.807) is 0 Å². The highest BCUT2D eigenvalue weighted by Gasteiger charge is 2.19. The summed E-state index contributed by atoms with van der Waals surface area (Å²) in [7, 11) is 0. The molecular formula is C12H16N2O. The molecule has 0 saturated carbocycles. The second-order valence-corrected chi connectivity index (χ2v) is 3.98.